The van der Waals surface area contributed by atoms with Crippen LogP contribution in [0.25, 0.3) is 0 Å². The summed E-state index contributed by atoms with van der Waals surface area (Å²) in [6.45, 7) is 2.90. The number of rotatable bonds is 5. The molecule has 2 aromatic rings. The smallest absolute Gasteiger partial charge is 0.249 e. The highest BCUT2D eigenvalue weighted by atomic mass is 32.1. The second kappa shape index (κ2) is 7.55. The Balaban J connectivity index is 1.66. The maximum Gasteiger partial charge on any atom is 0.249 e. The minimum absolute atomic E-state index is 0.0158. The summed E-state index contributed by atoms with van der Waals surface area (Å²) in [5.74, 6) is -0.389. The molecule has 0 unspecified atom stereocenters. The number of benzene rings is 1. The van der Waals surface area contributed by atoms with Crippen molar-refractivity contribution in [1.29, 1.82) is 0 Å². The highest BCUT2D eigenvalue weighted by molar-refractivity contribution is 7.09. The summed E-state index contributed by atoms with van der Waals surface area (Å²) in [4.78, 5) is 30.6. The van der Waals surface area contributed by atoms with Crippen molar-refractivity contribution >= 4 is 23.2 Å². The summed E-state index contributed by atoms with van der Waals surface area (Å²) in [6.07, 6.45) is 0. The fourth-order valence-electron chi connectivity index (χ4n) is 2.59. The Kier molecular flexibility index (Phi) is 5.22. The summed E-state index contributed by atoms with van der Waals surface area (Å²) in [7, 11) is 0. The summed E-state index contributed by atoms with van der Waals surface area (Å²) in [5.41, 5.74) is 1.81. The number of aryl methyl sites for hydroxylation is 1. The van der Waals surface area contributed by atoms with Crippen LogP contribution in [0.15, 0.2) is 35.7 Å². The maximum atomic E-state index is 12.5. The molecule has 7 heteroatoms. The number of aromatic nitrogens is 1. The van der Waals surface area contributed by atoms with Gasteiger partial charge in [0.05, 0.1) is 23.9 Å². The van der Waals surface area contributed by atoms with Crippen LogP contribution in [0.2, 0.25) is 0 Å². The van der Waals surface area contributed by atoms with Crippen LogP contribution in [-0.2, 0) is 27.4 Å². The number of hydrogen-bond acceptors (Lipinski definition) is 5. The zero-order valence-electron chi connectivity index (χ0n) is 13.4. The van der Waals surface area contributed by atoms with Crippen LogP contribution >= 0.6 is 11.3 Å². The molecule has 3 rings (SSSR count). The molecule has 1 saturated heterocycles. The van der Waals surface area contributed by atoms with Gasteiger partial charge in [0.15, 0.2) is 0 Å². The van der Waals surface area contributed by atoms with Gasteiger partial charge >= 0.3 is 0 Å². The third kappa shape index (κ3) is 3.98. The lowest BCUT2D eigenvalue weighted by molar-refractivity contribution is -0.155. The fourth-order valence-corrected chi connectivity index (χ4v) is 3.20. The first-order valence-corrected chi connectivity index (χ1v) is 8.61. The second-order valence-corrected chi connectivity index (χ2v) is 6.68. The normalized spacial score (nSPS) is 17.8. The van der Waals surface area contributed by atoms with Crippen LogP contribution in [0.5, 0.6) is 0 Å². The Bertz CT molecular complexity index is 717. The standard InChI is InChI=1S/C17H19N3O3S/c1-12-19-14(11-24-12)7-18-17(22)15-9-23-10-16(21)20(15)8-13-5-3-2-4-6-13/h2-6,11,15H,7-10H2,1H3,(H,18,22)/t15-/m1/s1. The lowest BCUT2D eigenvalue weighted by atomic mass is 10.1. The number of hydrogen-bond donors (Lipinski definition) is 1. The molecule has 2 amide bonds. The summed E-state index contributed by atoms with van der Waals surface area (Å²) < 4.78 is 5.27. The van der Waals surface area contributed by atoms with Gasteiger partial charge in [0.1, 0.15) is 12.6 Å². The number of morpholine rings is 1. The van der Waals surface area contributed by atoms with Crippen molar-refractivity contribution in [2.75, 3.05) is 13.2 Å². The molecule has 1 aliphatic rings. The Morgan fingerprint density at radius 2 is 2.21 bits per heavy atom. The molecular weight excluding hydrogens is 326 g/mol. The van der Waals surface area contributed by atoms with Gasteiger partial charge in [-0.15, -0.1) is 11.3 Å². The number of nitrogens with one attached hydrogen (secondary N) is 1. The first-order chi connectivity index (χ1) is 11.6. The van der Waals surface area contributed by atoms with E-state index in [1.165, 1.54) is 0 Å². The van der Waals surface area contributed by atoms with Crippen molar-refractivity contribution < 1.29 is 14.3 Å². The van der Waals surface area contributed by atoms with E-state index in [0.29, 0.717) is 13.1 Å². The van der Waals surface area contributed by atoms with Crippen molar-refractivity contribution in [1.82, 2.24) is 15.2 Å². The predicted molar refractivity (Wildman–Crippen MR) is 90.3 cm³/mol. The van der Waals surface area contributed by atoms with Gasteiger partial charge in [0, 0.05) is 11.9 Å². The van der Waals surface area contributed by atoms with Crippen LogP contribution in [0.1, 0.15) is 16.3 Å². The zero-order chi connectivity index (χ0) is 16.9. The fraction of sp³-hybridized carbons (Fsp3) is 0.353. The molecule has 1 atom stereocenters. The largest absolute Gasteiger partial charge is 0.369 e. The van der Waals surface area contributed by atoms with Gasteiger partial charge in [0.2, 0.25) is 11.8 Å². The van der Waals surface area contributed by atoms with Crippen LogP contribution in [-0.4, -0.2) is 41.0 Å². The minimum atomic E-state index is -0.619. The molecule has 6 nitrogen and oxygen atoms in total. The number of nitrogens with zero attached hydrogens (tertiary/aromatic N) is 2. The molecule has 0 aliphatic carbocycles. The SMILES string of the molecule is Cc1nc(CNC(=O)[C@H]2COCC(=O)N2Cc2ccccc2)cs1. The number of amides is 2. The van der Waals surface area contributed by atoms with E-state index in [2.05, 4.69) is 10.3 Å². The van der Waals surface area contributed by atoms with Crippen LogP contribution in [0.4, 0.5) is 0 Å². The topological polar surface area (TPSA) is 71.5 Å². The number of carbonyl (C=O) groups is 2. The highest BCUT2D eigenvalue weighted by Gasteiger charge is 2.33. The molecule has 1 N–H and O–H groups in total. The third-order valence-corrected chi connectivity index (χ3v) is 4.63. The Morgan fingerprint density at radius 3 is 2.92 bits per heavy atom. The molecule has 1 fully saturated rings. The van der Waals surface area contributed by atoms with Gasteiger partial charge in [-0.1, -0.05) is 30.3 Å². The first kappa shape index (κ1) is 16.6. The molecule has 0 radical (unpaired) electrons. The monoisotopic (exact) mass is 345 g/mol. The third-order valence-electron chi connectivity index (χ3n) is 3.81. The second-order valence-electron chi connectivity index (χ2n) is 5.61. The van der Waals surface area contributed by atoms with E-state index in [9.17, 15) is 9.59 Å². The maximum absolute atomic E-state index is 12.5. The van der Waals surface area contributed by atoms with E-state index in [1.807, 2.05) is 42.6 Å². The van der Waals surface area contributed by atoms with Gasteiger partial charge in [0.25, 0.3) is 0 Å². The molecule has 1 aromatic heterocycles. The van der Waals surface area contributed by atoms with Gasteiger partial charge in [-0.2, -0.15) is 0 Å². The lowest BCUT2D eigenvalue weighted by Crippen LogP contribution is -2.55. The molecule has 2 heterocycles. The summed E-state index contributed by atoms with van der Waals surface area (Å²) in [6, 6.07) is 9.02. The molecule has 0 spiro atoms. The van der Waals surface area contributed by atoms with Crippen molar-refractivity contribution in [2.45, 2.75) is 26.1 Å². The Morgan fingerprint density at radius 1 is 1.42 bits per heavy atom. The van der Waals surface area contributed by atoms with Crippen molar-refractivity contribution in [2.24, 2.45) is 0 Å². The van der Waals surface area contributed by atoms with Crippen LogP contribution < -0.4 is 5.32 Å². The number of ether oxygens (including phenoxy) is 1. The first-order valence-electron chi connectivity index (χ1n) is 7.73. The Labute approximate surface area is 144 Å². The van der Waals surface area contributed by atoms with Gasteiger partial charge in [-0.3, -0.25) is 9.59 Å². The summed E-state index contributed by atoms with van der Waals surface area (Å²) >= 11 is 1.54. The van der Waals surface area contributed by atoms with E-state index in [0.717, 1.165) is 16.3 Å². The predicted octanol–water partition coefficient (Wildman–Crippen LogP) is 1.50. The molecule has 24 heavy (non-hydrogen) atoms. The van der Waals surface area contributed by atoms with Crippen molar-refractivity contribution in [3.8, 4) is 0 Å². The van der Waals surface area contributed by atoms with Crippen LogP contribution in [0.3, 0.4) is 0 Å². The molecular formula is C17H19N3O3S. The van der Waals surface area contributed by atoms with E-state index >= 15 is 0 Å². The number of thiazole rings is 1. The minimum Gasteiger partial charge on any atom is -0.369 e. The van der Waals surface area contributed by atoms with Gasteiger partial charge in [-0.05, 0) is 12.5 Å². The highest BCUT2D eigenvalue weighted by Crippen LogP contribution is 2.14. The lowest BCUT2D eigenvalue weighted by Gasteiger charge is -2.34. The van der Waals surface area contributed by atoms with Crippen molar-refractivity contribution in [3.05, 3.63) is 52.0 Å². The average Bonchev–Trinajstić information content (AvgIpc) is 3.01. The molecule has 1 aromatic carbocycles. The van der Waals surface area contributed by atoms with E-state index < -0.39 is 6.04 Å². The Hall–Kier alpha value is -2.25. The quantitative estimate of drug-likeness (QED) is 0.891. The van der Waals surface area contributed by atoms with E-state index in [-0.39, 0.29) is 25.0 Å². The molecule has 0 bridgehead atoms. The van der Waals surface area contributed by atoms with E-state index in [4.69, 9.17) is 4.74 Å². The van der Waals surface area contributed by atoms with Crippen LogP contribution in [0, 0.1) is 6.92 Å². The molecule has 0 saturated carbocycles. The molecule has 1 aliphatic heterocycles. The van der Waals surface area contributed by atoms with Crippen molar-refractivity contribution in [3.63, 3.8) is 0 Å². The number of carbonyl (C=O) groups excluding carboxylic acids is 2. The summed E-state index contributed by atoms with van der Waals surface area (Å²) in [5, 5.41) is 5.73. The van der Waals surface area contributed by atoms with E-state index in [1.54, 1.807) is 16.2 Å². The average molecular weight is 345 g/mol. The van der Waals surface area contributed by atoms with Gasteiger partial charge < -0.3 is 15.0 Å². The molecule has 126 valence electrons. The van der Waals surface area contributed by atoms with Gasteiger partial charge in [-0.25, -0.2) is 4.98 Å². The zero-order valence-corrected chi connectivity index (χ0v) is 14.2.